The van der Waals surface area contributed by atoms with E-state index in [-0.39, 0.29) is 5.91 Å². The molecule has 1 unspecified atom stereocenters. The number of methoxy groups -OCH3 is 1. The minimum Gasteiger partial charge on any atom is -0.383 e. The number of piperidine rings is 1. The van der Waals surface area contributed by atoms with Crippen LogP contribution in [0.5, 0.6) is 0 Å². The number of aromatic nitrogens is 1. The van der Waals surface area contributed by atoms with E-state index in [9.17, 15) is 4.79 Å². The van der Waals surface area contributed by atoms with Crippen LogP contribution in [-0.4, -0.2) is 60.1 Å². The maximum Gasteiger partial charge on any atom is 0.246 e. The summed E-state index contributed by atoms with van der Waals surface area (Å²) in [6, 6.07) is 25.3. The number of likely N-dealkylation sites (tertiary alicyclic amines) is 1. The number of amides is 1. The van der Waals surface area contributed by atoms with Gasteiger partial charge >= 0.3 is 0 Å². The Kier molecular flexibility index (Phi) is 9.83. The van der Waals surface area contributed by atoms with Crippen molar-refractivity contribution in [2.75, 3.05) is 33.4 Å². The summed E-state index contributed by atoms with van der Waals surface area (Å²) < 4.78 is 5.49. The van der Waals surface area contributed by atoms with Gasteiger partial charge in [0.15, 0.2) is 0 Å². The number of pyridine rings is 1. The highest BCUT2D eigenvalue weighted by atomic mass is 16.5. The van der Waals surface area contributed by atoms with Crippen LogP contribution in [0, 0.1) is 5.92 Å². The molecule has 1 atom stereocenters. The molecule has 188 valence electrons. The second-order valence-corrected chi connectivity index (χ2v) is 9.49. The molecule has 0 N–H and O–H groups in total. The third kappa shape index (κ3) is 7.61. The Morgan fingerprint density at radius 3 is 2.39 bits per heavy atom. The average molecular weight is 484 g/mol. The molecule has 0 bridgehead atoms. The van der Waals surface area contributed by atoms with Crippen LogP contribution < -0.4 is 0 Å². The van der Waals surface area contributed by atoms with Crippen molar-refractivity contribution in [1.82, 2.24) is 14.8 Å². The van der Waals surface area contributed by atoms with Crippen LogP contribution in [0.15, 0.2) is 91.3 Å². The summed E-state index contributed by atoms with van der Waals surface area (Å²) >= 11 is 0. The van der Waals surface area contributed by atoms with E-state index < -0.39 is 0 Å². The van der Waals surface area contributed by atoms with Crippen molar-refractivity contribution >= 4 is 12.0 Å². The van der Waals surface area contributed by atoms with Gasteiger partial charge in [0.05, 0.1) is 6.61 Å². The number of nitrogens with zero attached hydrogens (tertiary/aromatic N) is 3. The first-order chi connectivity index (χ1) is 17.7. The van der Waals surface area contributed by atoms with Crippen LogP contribution in [0.1, 0.15) is 29.5 Å². The van der Waals surface area contributed by atoms with Gasteiger partial charge in [0.2, 0.25) is 5.91 Å². The summed E-state index contributed by atoms with van der Waals surface area (Å²) in [5, 5.41) is 0. The lowest BCUT2D eigenvalue weighted by atomic mass is 9.84. The molecule has 1 aromatic heterocycles. The van der Waals surface area contributed by atoms with Gasteiger partial charge in [-0.1, -0.05) is 66.7 Å². The molecule has 3 aromatic rings. The Labute approximate surface area is 215 Å². The smallest absolute Gasteiger partial charge is 0.246 e. The zero-order chi connectivity index (χ0) is 25.0. The van der Waals surface area contributed by atoms with Crippen LogP contribution in [0.4, 0.5) is 0 Å². The number of hydrogen-bond donors (Lipinski definition) is 0. The van der Waals surface area contributed by atoms with Crippen LogP contribution in [0.3, 0.4) is 0 Å². The highest BCUT2D eigenvalue weighted by molar-refractivity contribution is 5.91. The molecule has 5 heteroatoms. The number of carbonyl (C=O) groups excluding carboxylic acids is 1. The van der Waals surface area contributed by atoms with Gasteiger partial charge in [0.1, 0.15) is 0 Å². The lowest BCUT2D eigenvalue weighted by Crippen LogP contribution is -2.48. The molecule has 4 rings (SSSR count). The zero-order valence-electron chi connectivity index (χ0n) is 21.2. The SMILES string of the molecule is COCCN(Cc1cccnc1)C(Cc1ccccc1)C1CCN(C(=O)C=Cc2ccccc2)CC1. The molecular formula is C31H37N3O2. The van der Waals surface area contributed by atoms with Gasteiger partial charge in [-0.15, -0.1) is 0 Å². The van der Waals surface area contributed by atoms with Gasteiger partial charge < -0.3 is 9.64 Å². The molecule has 36 heavy (non-hydrogen) atoms. The minimum atomic E-state index is 0.100. The maximum atomic E-state index is 12.9. The number of rotatable bonds is 11. The molecule has 1 saturated heterocycles. The Morgan fingerprint density at radius 1 is 1.03 bits per heavy atom. The first kappa shape index (κ1) is 25.8. The maximum absolute atomic E-state index is 12.9. The van der Waals surface area contributed by atoms with Crippen LogP contribution in [0.25, 0.3) is 6.08 Å². The van der Waals surface area contributed by atoms with Gasteiger partial charge in [-0.25, -0.2) is 0 Å². The van der Waals surface area contributed by atoms with Gasteiger partial charge in [-0.05, 0) is 54.0 Å². The number of carbonyl (C=O) groups is 1. The summed E-state index contributed by atoms with van der Waals surface area (Å²) in [6.45, 7) is 3.97. The van der Waals surface area contributed by atoms with Crippen LogP contribution in [-0.2, 0) is 22.5 Å². The summed E-state index contributed by atoms with van der Waals surface area (Å²) in [7, 11) is 1.77. The third-order valence-electron chi connectivity index (χ3n) is 7.06. The van der Waals surface area contributed by atoms with Gasteiger partial charge in [0, 0.05) is 57.8 Å². The van der Waals surface area contributed by atoms with E-state index in [1.54, 1.807) is 13.2 Å². The molecular weight excluding hydrogens is 446 g/mol. The zero-order valence-corrected chi connectivity index (χ0v) is 21.2. The fraction of sp³-hybridized carbons (Fsp3) is 0.355. The van der Waals surface area contributed by atoms with Crippen molar-refractivity contribution in [2.45, 2.75) is 31.8 Å². The first-order valence-electron chi connectivity index (χ1n) is 12.9. The van der Waals surface area contributed by atoms with Gasteiger partial charge in [-0.2, -0.15) is 0 Å². The van der Waals surface area contributed by atoms with Crippen molar-refractivity contribution < 1.29 is 9.53 Å². The molecule has 1 aliphatic rings. The van der Waals surface area contributed by atoms with Crippen LogP contribution in [0.2, 0.25) is 0 Å². The molecule has 1 amide bonds. The molecule has 1 aliphatic heterocycles. The predicted molar refractivity (Wildman–Crippen MR) is 145 cm³/mol. The number of benzene rings is 2. The highest BCUT2D eigenvalue weighted by Gasteiger charge is 2.32. The normalized spacial score (nSPS) is 15.4. The summed E-state index contributed by atoms with van der Waals surface area (Å²) in [5.74, 6) is 0.601. The van der Waals surface area contributed by atoms with E-state index in [4.69, 9.17) is 4.74 Å². The molecule has 1 fully saturated rings. The lowest BCUT2D eigenvalue weighted by Gasteiger charge is -2.41. The lowest BCUT2D eigenvalue weighted by molar-refractivity contribution is -0.127. The van der Waals surface area contributed by atoms with E-state index in [1.807, 2.05) is 59.8 Å². The number of hydrogen-bond acceptors (Lipinski definition) is 4. The molecule has 0 spiro atoms. The van der Waals surface area contributed by atoms with Crippen molar-refractivity contribution in [3.63, 3.8) is 0 Å². The Balaban J connectivity index is 1.46. The second kappa shape index (κ2) is 13.7. The number of ether oxygens (including phenoxy) is 1. The Morgan fingerprint density at radius 2 is 1.72 bits per heavy atom. The monoisotopic (exact) mass is 483 g/mol. The van der Waals surface area contributed by atoms with Crippen molar-refractivity contribution in [2.24, 2.45) is 5.92 Å². The van der Waals surface area contributed by atoms with E-state index in [2.05, 4.69) is 46.3 Å². The summed E-state index contributed by atoms with van der Waals surface area (Å²) in [6.07, 6.45) is 10.4. The first-order valence-corrected chi connectivity index (χ1v) is 12.9. The molecule has 2 aromatic carbocycles. The predicted octanol–water partition coefficient (Wildman–Crippen LogP) is 5.09. The Hall–Kier alpha value is -3.28. The van der Waals surface area contributed by atoms with Crippen LogP contribution >= 0.6 is 0 Å². The van der Waals surface area contributed by atoms with Crippen molar-refractivity contribution in [3.8, 4) is 0 Å². The van der Waals surface area contributed by atoms with Gasteiger partial charge in [-0.3, -0.25) is 14.7 Å². The highest BCUT2D eigenvalue weighted by Crippen LogP contribution is 2.28. The van der Waals surface area contributed by atoms with E-state index in [1.165, 1.54) is 11.1 Å². The van der Waals surface area contributed by atoms with E-state index >= 15 is 0 Å². The molecule has 0 saturated carbocycles. The average Bonchev–Trinajstić information content (AvgIpc) is 2.94. The molecule has 5 nitrogen and oxygen atoms in total. The topological polar surface area (TPSA) is 45.7 Å². The standard InChI is InChI=1S/C31H37N3O2/c1-36-22-21-34(25-28-13-8-18-32-24-28)30(23-27-11-6-3-7-12-27)29-16-19-33(20-17-29)31(35)15-14-26-9-4-2-5-10-26/h2-15,18,24,29-30H,16-17,19-23,25H2,1H3. The summed E-state index contributed by atoms with van der Waals surface area (Å²) in [4.78, 5) is 21.8. The second-order valence-electron chi connectivity index (χ2n) is 9.49. The van der Waals surface area contributed by atoms with E-state index in [0.717, 1.165) is 51.0 Å². The minimum absolute atomic E-state index is 0.100. The quantitative estimate of drug-likeness (QED) is 0.356. The molecule has 2 heterocycles. The molecule has 0 aliphatic carbocycles. The largest absolute Gasteiger partial charge is 0.383 e. The molecule has 0 radical (unpaired) electrons. The van der Waals surface area contributed by atoms with E-state index in [0.29, 0.717) is 18.6 Å². The summed E-state index contributed by atoms with van der Waals surface area (Å²) in [5.41, 5.74) is 3.61. The Bertz CT molecular complexity index is 1060. The van der Waals surface area contributed by atoms with Crippen molar-refractivity contribution in [1.29, 1.82) is 0 Å². The fourth-order valence-corrected chi connectivity index (χ4v) is 5.09. The van der Waals surface area contributed by atoms with Crippen molar-refractivity contribution in [3.05, 3.63) is 108 Å². The van der Waals surface area contributed by atoms with Gasteiger partial charge in [0.25, 0.3) is 0 Å². The third-order valence-corrected chi connectivity index (χ3v) is 7.06. The fourth-order valence-electron chi connectivity index (χ4n) is 5.09.